The first-order valence-corrected chi connectivity index (χ1v) is 8.34. The average molecular weight is 339 g/mol. The van der Waals surface area contributed by atoms with E-state index in [2.05, 4.69) is 10.3 Å². The summed E-state index contributed by atoms with van der Waals surface area (Å²) >= 11 is 0. The molecule has 1 aromatic heterocycles. The minimum absolute atomic E-state index is 0.165. The van der Waals surface area contributed by atoms with Crippen LogP contribution in [0.3, 0.4) is 0 Å². The number of carbonyl (C=O) groups is 2. The van der Waals surface area contributed by atoms with Gasteiger partial charge in [-0.15, -0.1) is 0 Å². The van der Waals surface area contributed by atoms with Crippen molar-refractivity contribution < 1.29 is 14.3 Å². The average Bonchev–Trinajstić information content (AvgIpc) is 3.07. The van der Waals surface area contributed by atoms with Crippen molar-refractivity contribution in [2.24, 2.45) is 0 Å². The van der Waals surface area contributed by atoms with Crippen LogP contribution in [-0.4, -0.2) is 48.4 Å². The second kappa shape index (κ2) is 7.79. The van der Waals surface area contributed by atoms with Crippen LogP contribution in [-0.2, 0) is 4.79 Å². The molecule has 2 heterocycles. The number of aromatic nitrogens is 1. The normalized spacial score (nSPS) is 13.8. The van der Waals surface area contributed by atoms with Crippen molar-refractivity contribution in [1.29, 1.82) is 0 Å². The zero-order chi connectivity index (χ0) is 17.6. The first kappa shape index (κ1) is 17.0. The van der Waals surface area contributed by atoms with Crippen molar-refractivity contribution in [3.05, 3.63) is 48.2 Å². The molecule has 1 N–H and O–H groups in total. The van der Waals surface area contributed by atoms with E-state index in [0.717, 1.165) is 30.0 Å². The second-order valence-electron chi connectivity index (χ2n) is 5.90. The first-order valence-electron chi connectivity index (χ1n) is 8.34. The highest BCUT2D eigenvalue weighted by Gasteiger charge is 2.19. The number of amides is 2. The summed E-state index contributed by atoms with van der Waals surface area (Å²) in [5, 5.41) is 2.83. The van der Waals surface area contributed by atoms with E-state index < -0.39 is 0 Å². The van der Waals surface area contributed by atoms with Crippen molar-refractivity contribution in [3.63, 3.8) is 0 Å². The molecule has 1 aliphatic heterocycles. The third kappa shape index (κ3) is 4.15. The van der Waals surface area contributed by atoms with Gasteiger partial charge in [0, 0.05) is 37.8 Å². The summed E-state index contributed by atoms with van der Waals surface area (Å²) in [5.74, 6) is 0.743. The number of pyridine rings is 1. The van der Waals surface area contributed by atoms with E-state index in [1.54, 1.807) is 24.3 Å². The van der Waals surface area contributed by atoms with Crippen LogP contribution in [0.2, 0.25) is 0 Å². The number of nitrogens with one attached hydrogen (secondary N) is 1. The van der Waals surface area contributed by atoms with E-state index in [1.807, 2.05) is 30.3 Å². The van der Waals surface area contributed by atoms with Gasteiger partial charge in [-0.2, -0.15) is 0 Å². The summed E-state index contributed by atoms with van der Waals surface area (Å²) < 4.78 is 5.21. The van der Waals surface area contributed by atoms with E-state index >= 15 is 0 Å². The summed E-state index contributed by atoms with van der Waals surface area (Å²) in [4.78, 5) is 29.9. The number of methoxy groups -OCH3 is 1. The molecule has 1 aromatic carbocycles. The summed E-state index contributed by atoms with van der Waals surface area (Å²) in [7, 11) is 1.62. The fourth-order valence-electron chi connectivity index (χ4n) is 2.83. The van der Waals surface area contributed by atoms with Gasteiger partial charge in [-0.3, -0.25) is 14.6 Å². The van der Waals surface area contributed by atoms with Gasteiger partial charge in [-0.05, 0) is 30.7 Å². The smallest absolute Gasteiger partial charge is 0.252 e. The minimum Gasteiger partial charge on any atom is -0.497 e. The molecule has 0 atom stereocenters. The zero-order valence-electron chi connectivity index (χ0n) is 14.2. The van der Waals surface area contributed by atoms with Crippen LogP contribution >= 0.6 is 0 Å². The SMILES string of the molecule is COc1cccc(-c2ccc(C(=O)NCCN3CCCC3=O)cn2)c1. The lowest BCUT2D eigenvalue weighted by Gasteiger charge is -2.15. The lowest BCUT2D eigenvalue weighted by atomic mass is 10.1. The molecule has 25 heavy (non-hydrogen) atoms. The molecule has 3 rings (SSSR count). The molecular formula is C19H21N3O3. The lowest BCUT2D eigenvalue weighted by Crippen LogP contribution is -2.35. The van der Waals surface area contributed by atoms with Crippen molar-refractivity contribution in [2.45, 2.75) is 12.8 Å². The van der Waals surface area contributed by atoms with Gasteiger partial charge >= 0.3 is 0 Å². The van der Waals surface area contributed by atoms with Crippen molar-refractivity contribution in [1.82, 2.24) is 15.2 Å². The number of carbonyl (C=O) groups excluding carboxylic acids is 2. The maximum atomic E-state index is 12.2. The topological polar surface area (TPSA) is 71.5 Å². The zero-order valence-corrected chi connectivity index (χ0v) is 14.2. The Morgan fingerprint density at radius 1 is 1.32 bits per heavy atom. The Bertz CT molecular complexity index is 759. The summed E-state index contributed by atoms with van der Waals surface area (Å²) in [6.45, 7) is 1.79. The Morgan fingerprint density at radius 3 is 2.88 bits per heavy atom. The van der Waals surface area contributed by atoms with Crippen LogP contribution in [0.25, 0.3) is 11.3 Å². The monoisotopic (exact) mass is 339 g/mol. The number of nitrogens with zero attached hydrogens (tertiary/aromatic N) is 2. The van der Waals surface area contributed by atoms with Gasteiger partial charge in [0.15, 0.2) is 0 Å². The molecule has 1 aliphatic rings. The van der Waals surface area contributed by atoms with Gasteiger partial charge in [0.1, 0.15) is 5.75 Å². The number of hydrogen-bond donors (Lipinski definition) is 1. The predicted octanol–water partition coefficient (Wildman–Crippen LogP) is 2.11. The van der Waals surface area contributed by atoms with Crippen LogP contribution in [0.15, 0.2) is 42.6 Å². The van der Waals surface area contributed by atoms with Gasteiger partial charge in [-0.1, -0.05) is 12.1 Å². The molecule has 2 aromatic rings. The van der Waals surface area contributed by atoms with Crippen LogP contribution in [0.5, 0.6) is 5.75 Å². The minimum atomic E-state index is -0.184. The van der Waals surface area contributed by atoms with Gasteiger partial charge in [0.2, 0.25) is 5.91 Å². The Balaban J connectivity index is 1.57. The van der Waals surface area contributed by atoms with E-state index in [9.17, 15) is 9.59 Å². The molecule has 0 unspecified atom stereocenters. The van der Waals surface area contributed by atoms with Crippen molar-refractivity contribution in [2.75, 3.05) is 26.7 Å². The van der Waals surface area contributed by atoms with Crippen LogP contribution in [0.1, 0.15) is 23.2 Å². The number of likely N-dealkylation sites (tertiary alicyclic amines) is 1. The Morgan fingerprint density at radius 2 is 2.20 bits per heavy atom. The summed E-state index contributed by atoms with van der Waals surface area (Å²) in [6, 6.07) is 11.2. The van der Waals surface area contributed by atoms with Gasteiger partial charge < -0.3 is 15.0 Å². The first-order chi connectivity index (χ1) is 12.2. The highest BCUT2D eigenvalue weighted by molar-refractivity contribution is 5.94. The molecule has 0 bridgehead atoms. The third-order valence-corrected chi connectivity index (χ3v) is 4.23. The van der Waals surface area contributed by atoms with E-state index in [0.29, 0.717) is 25.1 Å². The van der Waals surface area contributed by atoms with E-state index in [1.165, 1.54) is 0 Å². The fraction of sp³-hybridized carbons (Fsp3) is 0.316. The summed E-state index contributed by atoms with van der Waals surface area (Å²) in [6.07, 6.45) is 3.08. The van der Waals surface area contributed by atoms with Crippen molar-refractivity contribution in [3.8, 4) is 17.0 Å². The van der Waals surface area contributed by atoms with E-state index in [4.69, 9.17) is 4.74 Å². The largest absolute Gasteiger partial charge is 0.497 e. The lowest BCUT2D eigenvalue weighted by molar-refractivity contribution is -0.127. The number of hydrogen-bond acceptors (Lipinski definition) is 4. The Hall–Kier alpha value is -2.89. The van der Waals surface area contributed by atoms with Crippen LogP contribution in [0, 0.1) is 0 Å². The van der Waals surface area contributed by atoms with Gasteiger partial charge in [0.25, 0.3) is 5.91 Å². The fourth-order valence-corrected chi connectivity index (χ4v) is 2.83. The maximum absolute atomic E-state index is 12.2. The molecule has 0 radical (unpaired) electrons. The van der Waals surface area contributed by atoms with E-state index in [-0.39, 0.29) is 11.8 Å². The quantitative estimate of drug-likeness (QED) is 0.875. The molecule has 1 saturated heterocycles. The highest BCUT2D eigenvalue weighted by atomic mass is 16.5. The number of ether oxygens (including phenoxy) is 1. The molecule has 6 nitrogen and oxygen atoms in total. The molecule has 0 aliphatic carbocycles. The second-order valence-corrected chi connectivity index (χ2v) is 5.90. The molecule has 0 spiro atoms. The standard InChI is InChI=1S/C19H21N3O3/c1-25-16-5-2-4-14(12-16)17-8-7-15(13-21-17)19(24)20-9-11-22-10-3-6-18(22)23/h2,4-5,7-8,12-13H,3,6,9-11H2,1H3,(H,20,24). The number of benzene rings is 1. The number of rotatable bonds is 6. The Labute approximate surface area is 146 Å². The predicted molar refractivity (Wildman–Crippen MR) is 94.4 cm³/mol. The van der Waals surface area contributed by atoms with Gasteiger partial charge in [-0.25, -0.2) is 0 Å². The third-order valence-electron chi connectivity index (χ3n) is 4.23. The Kier molecular flexibility index (Phi) is 5.28. The molecular weight excluding hydrogens is 318 g/mol. The molecule has 130 valence electrons. The summed E-state index contributed by atoms with van der Waals surface area (Å²) in [5.41, 5.74) is 2.20. The molecule has 1 fully saturated rings. The highest BCUT2D eigenvalue weighted by Crippen LogP contribution is 2.22. The van der Waals surface area contributed by atoms with Crippen LogP contribution in [0.4, 0.5) is 0 Å². The maximum Gasteiger partial charge on any atom is 0.252 e. The van der Waals surface area contributed by atoms with Gasteiger partial charge in [0.05, 0.1) is 18.4 Å². The van der Waals surface area contributed by atoms with Crippen molar-refractivity contribution >= 4 is 11.8 Å². The van der Waals surface area contributed by atoms with Crippen LogP contribution < -0.4 is 10.1 Å². The molecule has 2 amide bonds. The molecule has 6 heteroatoms. The molecule has 0 saturated carbocycles.